The molecule has 0 bridgehead atoms. The zero-order valence-corrected chi connectivity index (χ0v) is 21.1. The molecule has 1 unspecified atom stereocenters. The number of urea groups is 1. The van der Waals surface area contributed by atoms with Gasteiger partial charge in [-0.3, -0.25) is 0 Å². The van der Waals surface area contributed by atoms with Crippen LogP contribution >= 0.6 is 0 Å². The smallest absolute Gasteiger partial charge is 0.320 e. The predicted molar refractivity (Wildman–Crippen MR) is 135 cm³/mol. The predicted octanol–water partition coefficient (Wildman–Crippen LogP) is 4.56. The molecular formula is C27H30F4N6O2. The van der Waals surface area contributed by atoms with Gasteiger partial charge in [-0.25, -0.2) is 13.6 Å². The molecule has 0 aliphatic carbocycles. The van der Waals surface area contributed by atoms with E-state index in [1.807, 2.05) is 30.3 Å². The van der Waals surface area contributed by atoms with Gasteiger partial charge in [0.15, 0.2) is 5.82 Å². The molecule has 1 aromatic heterocycles. The lowest BCUT2D eigenvalue weighted by molar-refractivity contribution is -0.0929. The number of rotatable bonds is 13. The van der Waals surface area contributed by atoms with E-state index in [1.54, 1.807) is 11.0 Å². The molecule has 2 heterocycles. The van der Waals surface area contributed by atoms with Crippen LogP contribution in [0.5, 0.6) is 0 Å². The van der Waals surface area contributed by atoms with Gasteiger partial charge in [0, 0.05) is 44.5 Å². The number of nitrogens with zero attached hydrogens (tertiary/aromatic N) is 5. The molecular weight excluding hydrogens is 516 g/mol. The first-order valence-corrected chi connectivity index (χ1v) is 12.6. The van der Waals surface area contributed by atoms with E-state index in [0.29, 0.717) is 0 Å². The third-order valence-corrected chi connectivity index (χ3v) is 6.63. The minimum atomic E-state index is -3.55. The van der Waals surface area contributed by atoms with Gasteiger partial charge >= 0.3 is 12.0 Å². The second kappa shape index (κ2) is 12.4. The largest absolute Gasteiger partial charge is 0.382 e. The number of H-pyrrole nitrogens is 1. The highest BCUT2D eigenvalue weighted by molar-refractivity contribution is 5.77. The number of alkyl halides is 4. The highest BCUT2D eigenvalue weighted by Gasteiger charge is 2.40. The summed E-state index contributed by atoms with van der Waals surface area (Å²) >= 11 is 0. The number of benzene rings is 2. The summed E-state index contributed by atoms with van der Waals surface area (Å²) in [5.41, 5.74) is 0.536. The zero-order valence-electron chi connectivity index (χ0n) is 21.1. The van der Waals surface area contributed by atoms with Crippen LogP contribution in [0.2, 0.25) is 0 Å². The van der Waals surface area contributed by atoms with Crippen LogP contribution in [-0.4, -0.2) is 72.7 Å². The van der Waals surface area contributed by atoms with Crippen molar-refractivity contribution < 1.29 is 27.5 Å². The summed E-state index contributed by atoms with van der Waals surface area (Å²) in [6.07, 6.45) is -0.784. The molecule has 4 rings (SSSR count). The Morgan fingerprint density at radius 3 is 2.41 bits per heavy atom. The van der Waals surface area contributed by atoms with E-state index in [1.165, 1.54) is 35.2 Å². The topological polar surface area (TPSA) is 98.2 Å². The van der Waals surface area contributed by atoms with Crippen molar-refractivity contribution in [3.8, 4) is 0 Å². The van der Waals surface area contributed by atoms with Crippen LogP contribution in [-0.2, 0) is 18.9 Å². The number of aryl methyl sites for hydroxylation is 1. The van der Waals surface area contributed by atoms with Gasteiger partial charge in [0.25, 0.3) is 0 Å². The van der Waals surface area contributed by atoms with Gasteiger partial charge in [-0.2, -0.15) is 14.0 Å². The fraction of sp³-hybridized carbons (Fsp3) is 0.407. The maximum atomic E-state index is 14.8. The average Bonchev–Trinajstić information content (AvgIpc) is 3.56. The summed E-state index contributed by atoms with van der Waals surface area (Å²) in [5, 5.41) is 23.2. The molecule has 2 N–H and O–H groups in total. The Bertz CT molecular complexity index is 1210. The van der Waals surface area contributed by atoms with Crippen LogP contribution < -0.4 is 0 Å². The quantitative estimate of drug-likeness (QED) is 0.242. The third-order valence-electron chi connectivity index (χ3n) is 6.63. The van der Waals surface area contributed by atoms with Crippen LogP contribution in [0.1, 0.15) is 36.2 Å². The Balaban J connectivity index is 1.42. The molecule has 2 atom stereocenters. The number of aromatic nitrogens is 4. The van der Waals surface area contributed by atoms with E-state index in [0.717, 1.165) is 11.6 Å². The first-order chi connectivity index (χ1) is 18.7. The summed E-state index contributed by atoms with van der Waals surface area (Å²) in [6.45, 7) is 0.453. The lowest BCUT2D eigenvalue weighted by Gasteiger charge is -2.24. The molecule has 3 aromatic rings. The van der Waals surface area contributed by atoms with Crippen LogP contribution in [0.15, 0.2) is 72.8 Å². The molecule has 0 radical (unpaired) electrons. The second-order valence-corrected chi connectivity index (χ2v) is 9.52. The van der Waals surface area contributed by atoms with Gasteiger partial charge in [0.05, 0.1) is 6.04 Å². The number of hydrogen-bond acceptors (Lipinski definition) is 5. The fourth-order valence-electron chi connectivity index (χ4n) is 4.49. The number of aliphatic hydroxyl groups is 1. The summed E-state index contributed by atoms with van der Waals surface area (Å²) < 4.78 is 58.5. The molecule has 1 aliphatic rings. The fourth-order valence-corrected chi connectivity index (χ4v) is 4.49. The van der Waals surface area contributed by atoms with Gasteiger partial charge in [-0.15, -0.1) is 10.2 Å². The summed E-state index contributed by atoms with van der Waals surface area (Å²) in [4.78, 5) is 16.1. The first-order valence-electron chi connectivity index (χ1n) is 12.6. The van der Waals surface area contributed by atoms with Crippen molar-refractivity contribution in [1.29, 1.82) is 0 Å². The van der Waals surface area contributed by atoms with Crippen molar-refractivity contribution in [2.75, 3.05) is 13.1 Å². The Morgan fingerprint density at radius 1 is 1.05 bits per heavy atom. The van der Waals surface area contributed by atoms with E-state index in [9.17, 15) is 27.5 Å². The van der Waals surface area contributed by atoms with Crippen molar-refractivity contribution in [3.63, 3.8) is 0 Å². The summed E-state index contributed by atoms with van der Waals surface area (Å²) in [7, 11) is 0. The summed E-state index contributed by atoms with van der Waals surface area (Å²) in [5.74, 6) is -6.36. The van der Waals surface area contributed by atoms with Crippen LogP contribution in [0, 0.1) is 0 Å². The van der Waals surface area contributed by atoms with Gasteiger partial charge in [0.1, 0.15) is 6.10 Å². The van der Waals surface area contributed by atoms with Crippen molar-refractivity contribution in [3.05, 3.63) is 89.8 Å². The van der Waals surface area contributed by atoms with Gasteiger partial charge in [0.2, 0.25) is 5.92 Å². The Labute approximate surface area is 223 Å². The normalized spacial score (nSPS) is 17.4. The van der Waals surface area contributed by atoms with E-state index in [-0.39, 0.29) is 49.9 Å². The molecule has 1 aliphatic heterocycles. The van der Waals surface area contributed by atoms with Crippen molar-refractivity contribution in [2.45, 2.75) is 56.2 Å². The molecule has 2 amide bonds. The number of amides is 2. The first kappa shape index (κ1) is 28.2. The highest BCUT2D eigenvalue weighted by Crippen LogP contribution is 2.33. The molecule has 1 saturated heterocycles. The molecule has 12 heteroatoms. The number of carbonyl (C=O) groups is 1. The number of aliphatic hydroxyl groups excluding tert-OH is 1. The van der Waals surface area contributed by atoms with E-state index in [2.05, 4.69) is 20.6 Å². The minimum absolute atomic E-state index is 0.00209. The lowest BCUT2D eigenvalue weighted by atomic mass is 10.0. The van der Waals surface area contributed by atoms with Crippen LogP contribution in [0.4, 0.5) is 22.4 Å². The number of carbonyl (C=O) groups excluding carboxylic acids is 1. The van der Waals surface area contributed by atoms with E-state index < -0.39 is 36.8 Å². The number of halogens is 4. The lowest BCUT2D eigenvalue weighted by Crippen LogP contribution is -2.36. The third kappa shape index (κ3) is 7.41. The number of tetrazole rings is 1. The standard InChI is InChI=1S/C27H30F4N6O2/c28-26(29,16-14-24-32-34-35-33-24)15-7-17-37-22(19-36(25(37)39)18-20-8-3-1-4-9-20)12-13-23(38)27(30,31)21-10-5-2-6-11-21/h1-6,8-13,22-23,38H,7,14-19H2,(H,32,33,34,35)/b13-12+/t22-,23?/m0/s1. The second-order valence-electron chi connectivity index (χ2n) is 9.52. The molecule has 208 valence electrons. The van der Waals surface area contributed by atoms with Gasteiger partial charge in [-0.1, -0.05) is 78.0 Å². The van der Waals surface area contributed by atoms with Crippen LogP contribution in [0.3, 0.4) is 0 Å². The number of aromatic amines is 1. The van der Waals surface area contributed by atoms with Gasteiger partial charge in [-0.05, 0) is 12.0 Å². The molecule has 0 saturated carbocycles. The summed E-state index contributed by atoms with van der Waals surface area (Å²) in [6, 6.07) is 15.1. The molecule has 1 fully saturated rings. The Kier molecular flexibility index (Phi) is 8.95. The van der Waals surface area contributed by atoms with Crippen LogP contribution in [0.25, 0.3) is 0 Å². The number of nitrogens with one attached hydrogen (secondary N) is 1. The van der Waals surface area contributed by atoms with E-state index in [4.69, 9.17) is 0 Å². The molecule has 0 spiro atoms. The van der Waals surface area contributed by atoms with E-state index >= 15 is 0 Å². The van der Waals surface area contributed by atoms with Gasteiger partial charge < -0.3 is 14.9 Å². The zero-order chi connectivity index (χ0) is 27.9. The molecule has 39 heavy (non-hydrogen) atoms. The monoisotopic (exact) mass is 546 g/mol. The van der Waals surface area contributed by atoms with Crippen molar-refractivity contribution in [2.24, 2.45) is 0 Å². The maximum Gasteiger partial charge on any atom is 0.320 e. The average molecular weight is 547 g/mol. The molecule has 8 nitrogen and oxygen atoms in total. The SMILES string of the molecule is O=C1N(Cc2ccccc2)C[C@H](/C=C/C(O)C(F)(F)c2ccccc2)N1CCCC(F)(F)CCc1nn[nH]n1. The Morgan fingerprint density at radius 2 is 1.74 bits per heavy atom. The highest BCUT2D eigenvalue weighted by atomic mass is 19.3. The minimum Gasteiger partial charge on any atom is -0.382 e. The Hall–Kier alpha value is -3.80. The molecule has 2 aromatic carbocycles. The maximum absolute atomic E-state index is 14.8. The van der Waals surface area contributed by atoms with Crippen molar-refractivity contribution >= 4 is 6.03 Å². The van der Waals surface area contributed by atoms with Crippen molar-refractivity contribution in [1.82, 2.24) is 30.4 Å². The number of hydrogen-bond donors (Lipinski definition) is 2.